The molecule has 0 bridgehead atoms. The van der Waals surface area contributed by atoms with Gasteiger partial charge in [0, 0.05) is 98.6 Å². The van der Waals surface area contributed by atoms with Crippen molar-refractivity contribution in [1.82, 2.24) is 29.4 Å². The molecule has 3 aliphatic rings. The minimum atomic E-state index is 0.936. The molecule has 43 heavy (non-hydrogen) atoms. The Morgan fingerprint density at radius 1 is 0.372 bits per heavy atom. The fraction of sp³-hybridized carbons (Fsp3) is 0.364. The van der Waals surface area contributed by atoms with Crippen LogP contribution in [0.1, 0.15) is 0 Å². The summed E-state index contributed by atoms with van der Waals surface area (Å²) in [5.74, 6) is 2.99. The summed E-state index contributed by atoms with van der Waals surface area (Å²) in [7, 11) is 12.5. The first-order valence-corrected chi connectivity index (χ1v) is 14.9. The molecule has 0 unspecified atom stereocenters. The molecule has 224 valence electrons. The van der Waals surface area contributed by atoms with E-state index in [4.69, 9.17) is 15.0 Å². The van der Waals surface area contributed by atoms with Gasteiger partial charge < -0.3 is 34.3 Å². The molecule has 0 aromatic heterocycles. The van der Waals surface area contributed by atoms with Crippen LogP contribution in [0, 0.1) is 0 Å². The quantitative estimate of drug-likeness (QED) is 0.419. The van der Waals surface area contributed by atoms with E-state index in [9.17, 15) is 0 Å². The number of benzene rings is 3. The molecule has 3 heterocycles. The second-order valence-corrected chi connectivity index (χ2v) is 11.6. The number of nitrogens with zero attached hydrogens (tertiary/aromatic N) is 10. The van der Waals surface area contributed by atoms with Gasteiger partial charge in [0.05, 0.1) is 17.1 Å². The van der Waals surface area contributed by atoms with Crippen LogP contribution in [0.3, 0.4) is 0 Å². The molecular formula is C33H42N10. The summed E-state index contributed by atoms with van der Waals surface area (Å²) in [5.41, 5.74) is 5.98. The highest BCUT2D eigenvalue weighted by molar-refractivity contribution is 5.87. The normalized spacial score (nSPS) is 17.0. The Balaban J connectivity index is 1.33. The van der Waals surface area contributed by atoms with Crippen LogP contribution in [-0.2, 0) is 0 Å². The topological polar surface area (TPSA) is 59.8 Å². The van der Waals surface area contributed by atoms with Crippen molar-refractivity contribution in [3.63, 3.8) is 0 Å². The third-order valence-electron chi connectivity index (χ3n) is 8.37. The summed E-state index contributed by atoms with van der Waals surface area (Å²) in [6, 6.07) is 25.4. The fourth-order valence-electron chi connectivity index (χ4n) is 5.71. The SMILES string of the molecule is CN1CCN(C)C1=Nc1ccc(N(c2ccc(N=C3N(C)CCN3C)cc2)c2ccc(N=C3N(C)CCN3C)cc2)cc1. The minimum Gasteiger partial charge on any atom is -0.344 e. The first kappa shape index (κ1) is 28.4. The summed E-state index contributed by atoms with van der Waals surface area (Å²) in [5, 5.41) is 0. The van der Waals surface area contributed by atoms with Crippen molar-refractivity contribution in [3.05, 3.63) is 72.8 Å². The smallest absolute Gasteiger partial charge is 0.201 e. The Bertz CT molecular complexity index is 1290. The van der Waals surface area contributed by atoms with Crippen LogP contribution in [0.2, 0.25) is 0 Å². The maximum absolute atomic E-state index is 4.92. The molecule has 3 aromatic carbocycles. The van der Waals surface area contributed by atoms with Gasteiger partial charge in [0.15, 0.2) is 0 Å². The van der Waals surface area contributed by atoms with E-state index < -0.39 is 0 Å². The van der Waals surface area contributed by atoms with Crippen molar-refractivity contribution in [2.75, 3.05) is 86.5 Å². The molecule has 0 spiro atoms. The highest BCUT2D eigenvalue weighted by Gasteiger charge is 2.22. The van der Waals surface area contributed by atoms with Gasteiger partial charge in [0.2, 0.25) is 17.9 Å². The lowest BCUT2D eigenvalue weighted by molar-refractivity contribution is 0.553. The largest absolute Gasteiger partial charge is 0.344 e. The van der Waals surface area contributed by atoms with E-state index in [-0.39, 0.29) is 0 Å². The Hall–Kier alpha value is -4.73. The summed E-state index contributed by atoms with van der Waals surface area (Å²) in [6.07, 6.45) is 0. The zero-order valence-electron chi connectivity index (χ0n) is 26.1. The minimum absolute atomic E-state index is 0.936. The van der Waals surface area contributed by atoms with E-state index in [1.54, 1.807) is 0 Å². The lowest BCUT2D eigenvalue weighted by Crippen LogP contribution is -2.27. The van der Waals surface area contributed by atoms with Gasteiger partial charge >= 0.3 is 0 Å². The van der Waals surface area contributed by atoms with Crippen molar-refractivity contribution in [1.29, 1.82) is 0 Å². The molecular weight excluding hydrogens is 536 g/mol. The summed E-state index contributed by atoms with van der Waals surface area (Å²) < 4.78 is 0. The van der Waals surface area contributed by atoms with Crippen LogP contribution < -0.4 is 4.90 Å². The maximum Gasteiger partial charge on any atom is 0.201 e. The molecule has 10 heteroatoms. The second kappa shape index (κ2) is 11.9. The van der Waals surface area contributed by atoms with Crippen molar-refractivity contribution in [2.24, 2.45) is 15.0 Å². The third-order valence-corrected chi connectivity index (χ3v) is 8.37. The zero-order valence-corrected chi connectivity index (χ0v) is 26.1. The molecule has 0 radical (unpaired) electrons. The Morgan fingerprint density at radius 3 is 0.791 bits per heavy atom. The number of anilines is 3. The van der Waals surface area contributed by atoms with E-state index >= 15 is 0 Å². The molecule has 0 amide bonds. The van der Waals surface area contributed by atoms with E-state index in [0.29, 0.717) is 0 Å². The van der Waals surface area contributed by atoms with Crippen molar-refractivity contribution >= 4 is 52.0 Å². The van der Waals surface area contributed by atoms with Crippen LogP contribution in [0.5, 0.6) is 0 Å². The zero-order chi connectivity index (χ0) is 30.1. The Labute approximate surface area is 255 Å². The number of guanidine groups is 3. The molecule has 10 nitrogen and oxygen atoms in total. The van der Waals surface area contributed by atoms with E-state index in [1.807, 2.05) is 0 Å². The standard InChI is InChI=1S/C33H42N10/c1-37-19-20-38(2)31(37)34-25-7-13-28(14-8-25)43(29-15-9-26(10-16-29)35-32-39(3)21-22-40(32)4)30-17-11-27(12-18-30)36-33-41(5)23-24-42(33)6/h7-18H,19-24H2,1-6H3. The molecule has 3 aromatic rings. The van der Waals surface area contributed by atoms with Gasteiger partial charge in [-0.2, -0.15) is 0 Å². The molecule has 6 rings (SSSR count). The highest BCUT2D eigenvalue weighted by Crippen LogP contribution is 2.37. The molecule has 3 fully saturated rings. The van der Waals surface area contributed by atoms with E-state index in [0.717, 1.165) is 91.3 Å². The first-order chi connectivity index (χ1) is 20.8. The molecule has 3 aliphatic heterocycles. The van der Waals surface area contributed by atoms with Crippen LogP contribution >= 0.6 is 0 Å². The predicted octanol–water partition coefficient (Wildman–Crippen LogP) is 4.75. The van der Waals surface area contributed by atoms with Crippen LogP contribution in [-0.4, -0.2) is 129 Å². The lowest BCUT2D eigenvalue weighted by atomic mass is 10.1. The third kappa shape index (κ3) is 5.95. The van der Waals surface area contributed by atoms with Crippen LogP contribution in [0.25, 0.3) is 0 Å². The number of hydrogen-bond acceptors (Lipinski definition) is 4. The second-order valence-electron chi connectivity index (χ2n) is 11.6. The number of likely N-dealkylation sites (N-methyl/N-ethyl adjacent to an activating group) is 6. The first-order valence-electron chi connectivity index (χ1n) is 14.9. The van der Waals surface area contributed by atoms with Crippen LogP contribution in [0.15, 0.2) is 87.8 Å². The van der Waals surface area contributed by atoms with Crippen molar-refractivity contribution in [3.8, 4) is 0 Å². The Kier molecular flexibility index (Phi) is 7.84. The van der Waals surface area contributed by atoms with Gasteiger partial charge in [0.1, 0.15) is 0 Å². The maximum atomic E-state index is 4.92. The molecule has 0 N–H and O–H groups in total. The number of rotatable bonds is 6. The van der Waals surface area contributed by atoms with E-state index in [2.05, 4.69) is 149 Å². The average Bonchev–Trinajstić information content (AvgIpc) is 3.63. The molecule has 0 atom stereocenters. The molecule has 0 aliphatic carbocycles. The number of aliphatic imine (C=N–C) groups is 3. The average molecular weight is 579 g/mol. The number of hydrogen-bond donors (Lipinski definition) is 0. The van der Waals surface area contributed by atoms with Gasteiger partial charge in [-0.1, -0.05) is 0 Å². The van der Waals surface area contributed by atoms with Gasteiger partial charge in [-0.05, 0) is 72.8 Å². The van der Waals surface area contributed by atoms with E-state index in [1.165, 1.54) is 0 Å². The van der Waals surface area contributed by atoms with Crippen molar-refractivity contribution in [2.45, 2.75) is 0 Å². The van der Waals surface area contributed by atoms with Gasteiger partial charge in [-0.25, -0.2) is 15.0 Å². The lowest BCUT2D eigenvalue weighted by Gasteiger charge is -2.26. The van der Waals surface area contributed by atoms with Crippen LogP contribution in [0.4, 0.5) is 34.1 Å². The summed E-state index contributed by atoms with van der Waals surface area (Å²) in [4.78, 5) is 30.2. The molecule has 3 saturated heterocycles. The van der Waals surface area contributed by atoms with Gasteiger partial charge in [-0.3, -0.25) is 0 Å². The fourth-order valence-corrected chi connectivity index (χ4v) is 5.71. The van der Waals surface area contributed by atoms with Gasteiger partial charge in [-0.15, -0.1) is 0 Å². The molecule has 0 saturated carbocycles. The monoisotopic (exact) mass is 578 g/mol. The summed E-state index contributed by atoms with van der Waals surface area (Å²) in [6.45, 7) is 5.94. The summed E-state index contributed by atoms with van der Waals surface area (Å²) >= 11 is 0. The van der Waals surface area contributed by atoms with Crippen molar-refractivity contribution < 1.29 is 0 Å². The highest BCUT2D eigenvalue weighted by atomic mass is 15.4. The predicted molar refractivity (Wildman–Crippen MR) is 178 cm³/mol. The Morgan fingerprint density at radius 2 is 0.581 bits per heavy atom. The van der Waals surface area contributed by atoms with Gasteiger partial charge in [0.25, 0.3) is 0 Å².